The predicted molar refractivity (Wildman–Crippen MR) is 71.4 cm³/mol. The zero-order valence-corrected chi connectivity index (χ0v) is 10.7. The lowest BCUT2D eigenvalue weighted by molar-refractivity contribution is 0.102. The van der Waals surface area contributed by atoms with Crippen LogP contribution in [0, 0.1) is 11.6 Å². The largest absolute Gasteiger partial charge is 0.319 e. The van der Waals surface area contributed by atoms with E-state index in [2.05, 4.69) is 10.3 Å². The number of amides is 1. The second kappa shape index (κ2) is 5.81. The minimum atomic E-state index is -0.935. The first-order valence-electron chi connectivity index (χ1n) is 5.40. The quantitative estimate of drug-likeness (QED) is 0.601. The van der Waals surface area contributed by atoms with Crippen molar-refractivity contribution in [1.29, 1.82) is 0 Å². The Morgan fingerprint density at radius 1 is 1.30 bits per heavy atom. The van der Waals surface area contributed by atoms with Crippen LogP contribution in [-0.2, 0) is 0 Å². The first-order chi connectivity index (χ1) is 9.52. The Morgan fingerprint density at radius 2 is 2.05 bits per heavy atom. The summed E-state index contributed by atoms with van der Waals surface area (Å²) in [6.07, 6.45) is 1.20. The van der Waals surface area contributed by atoms with E-state index < -0.39 is 17.5 Å². The van der Waals surface area contributed by atoms with Crippen molar-refractivity contribution in [1.82, 2.24) is 4.98 Å². The lowest BCUT2D eigenvalue weighted by Crippen LogP contribution is -2.18. The van der Waals surface area contributed by atoms with Crippen LogP contribution in [0.15, 0.2) is 30.5 Å². The molecular formula is C12H9ClF2N4O. The van der Waals surface area contributed by atoms with Gasteiger partial charge in [-0.1, -0.05) is 11.6 Å². The molecule has 1 aromatic heterocycles. The number of nitrogens with one attached hydrogen (secondary N) is 2. The van der Waals surface area contributed by atoms with Gasteiger partial charge in [0.1, 0.15) is 5.82 Å². The van der Waals surface area contributed by atoms with Gasteiger partial charge in [-0.05, 0) is 24.3 Å². The molecule has 2 aromatic rings. The molecule has 104 valence electrons. The van der Waals surface area contributed by atoms with E-state index in [0.717, 1.165) is 12.1 Å². The highest BCUT2D eigenvalue weighted by Crippen LogP contribution is 2.21. The van der Waals surface area contributed by atoms with E-state index in [0.29, 0.717) is 0 Å². The van der Waals surface area contributed by atoms with Gasteiger partial charge in [-0.15, -0.1) is 0 Å². The molecule has 0 aliphatic rings. The van der Waals surface area contributed by atoms with Gasteiger partial charge in [0.2, 0.25) is 0 Å². The first-order valence-corrected chi connectivity index (χ1v) is 5.78. The topological polar surface area (TPSA) is 80.0 Å². The number of benzene rings is 1. The number of nitrogen functional groups attached to an aromatic ring is 1. The molecule has 0 atom stereocenters. The van der Waals surface area contributed by atoms with E-state index in [9.17, 15) is 13.6 Å². The van der Waals surface area contributed by atoms with Gasteiger partial charge in [-0.2, -0.15) is 0 Å². The number of hydrogen-bond acceptors (Lipinski definition) is 4. The lowest BCUT2D eigenvalue weighted by atomic mass is 10.2. The average Bonchev–Trinajstić information content (AvgIpc) is 2.43. The van der Waals surface area contributed by atoms with Crippen molar-refractivity contribution in [3.63, 3.8) is 0 Å². The minimum Gasteiger partial charge on any atom is -0.319 e. The predicted octanol–water partition coefficient (Wildman–Crippen LogP) is 2.55. The van der Waals surface area contributed by atoms with Gasteiger partial charge in [-0.25, -0.2) is 19.6 Å². The Balaban J connectivity index is 2.31. The molecule has 0 aliphatic carbocycles. The Hall–Kier alpha value is -2.25. The van der Waals surface area contributed by atoms with Crippen LogP contribution in [0.4, 0.5) is 20.3 Å². The number of aromatic nitrogens is 1. The van der Waals surface area contributed by atoms with E-state index in [1.54, 1.807) is 0 Å². The third-order valence-electron chi connectivity index (χ3n) is 2.45. The highest BCUT2D eigenvalue weighted by atomic mass is 35.5. The first kappa shape index (κ1) is 14.2. The summed E-state index contributed by atoms with van der Waals surface area (Å²) in [5, 5.41) is 2.46. The fraction of sp³-hybridized carbons (Fsp3) is 0. The van der Waals surface area contributed by atoms with Crippen LogP contribution in [0.2, 0.25) is 5.02 Å². The summed E-state index contributed by atoms with van der Waals surface area (Å²) in [4.78, 5) is 15.5. The molecule has 0 saturated carbocycles. The zero-order chi connectivity index (χ0) is 14.7. The Kier molecular flexibility index (Phi) is 4.11. The molecule has 2 rings (SSSR count). The summed E-state index contributed by atoms with van der Waals surface area (Å²) < 4.78 is 27.3. The van der Waals surface area contributed by atoms with Crippen molar-refractivity contribution < 1.29 is 13.6 Å². The van der Waals surface area contributed by atoms with E-state index in [1.165, 1.54) is 18.3 Å². The van der Waals surface area contributed by atoms with Gasteiger partial charge in [0.05, 0.1) is 11.3 Å². The SMILES string of the molecule is NNc1nccc(C(=O)Nc2cc(Cl)ccc2F)c1F. The van der Waals surface area contributed by atoms with E-state index in [4.69, 9.17) is 17.4 Å². The number of hydrogen-bond donors (Lipinski definition) is 3. The summed E-state index contributed by atoms with van der Waals surface area (Å²) in [5.41, 5.74) is 1.54. The highest BCUT2D eigenvalue weighted by molar-refractivity contribution is 6.31. The molecule has 0 spiro atoms. The Morgan fingerprint density at radius 3 is 2.75 bits per heavy atom. The number of carbonyl (C=O) groups is 1. The molecule has 0 aliphatic heterocycles. The standard InChI is InChI=1S/C12H9ClF2N4O/c13-6-1-2-8(14)9(5-6)18-12(20)7-3-4-17-11(19-16)10(7)15/h1-5H,16H2,(H,17,19)(H,18,20). The third-order valence-corrected chi connectivity index (χ3v) is 2.68. The number of anilines is 2. The lowest BCUT2D eigenvalue weighted by Gasteiger charge is -2.09. The molecule has 20 heavy (non-hydrogen) atoms. The molecule has 1 heterocycles. The van der Waals surface area contributed by atoms with Crippen molar-refractivity contribution in [2.24, 2.45) is 5.84 Å². The van der Waals surface area contributed by atoms with Crippen LogP contribution in [0.5, 0.6) is 0 Å². The summed E-state index contributed by atoms with van der Waals surface area (Å²) in [6.45, 7) is 0. The summed E-state index contributed by atoms with van der Waals surface area (Å²) in [6, 6.07) is 4.79. The van der Waals surface area contributed by atoms with Crippen molar-refractivity contribution >= 4 is 29.0 Å². The second-order valence-corrected chi connectivity index (χ2v) is 4.18. The van der Waals surface area contributed by atoms with Gasteiger partial charge in [0.15, 0.2) is 11.6 Å². The fourth-order valence-electron chi connectivity index (χ4n) is 1.50. The van der Waals surface area contributed by atoms with Crippen LogP contribution in [0.1, 0.15) is 10.4 Å². The number of hydrazine groups is 1. The van der Waals surface area contributed by atoms with Gasteiger partial charge < -0.3 is 10.7 Å². The number of nitrogens with two attached hydrogens (primary N) is 1. The van der Waals surface area contributed by atoms with Gasteiger partial charge in [-0.3, -0.25) is 4.79 Å². The summed E-state index contributed by atoms with van der Waals surface area (Å²) in [7, 11) is 0. The average molecular weight is 299 g/mol. The van der Waals surface area contributed by atoms with Gasteiger partial charge in [0.25, 0.3) is 5.91 Å². The molecule has 8 heteroatoms. The van der Waals surface area contributed by atoms with E-state index in [-0.39, 0.29) is 22.1 Å². The number of halogens is 3. The highest BCUT2D eigenvalue weighted by Gasteiger charge is 2.17. The van der Waals surface area contributed by atoms with Gasteiger partial charge in [0, 0.05) is 11.2 Å². The molecule has 0 unspecified atom stereocenters. The minimum absolute atomic E-state index is 0.152. The molecule has 5 nitrogen and oxygen atoms in total. The smallest absolute Gasteiger partial charge is 0.258 e. The van der Waals surface area contributed by atoms with Crippen molar-refractivity contribution in [3.05, 3.63) is 52.7 Å². The fourth-order valence-corrected chi connectivity index (χ4v) is 1.67. The van der Waals surface area contributed by atoms with Crippen LogP contribution in [0.3, 0.4) is 0 Å². The third kappa shape index (κ3) is 2.84. The van der Waals surface area contributed by atoms with Crippen LogP contribution < -0.4 is 16.6 Å². The molecule has 1 amide bonds. The molecule has 0 bridgehead atoms. The van der Waals surface area contributed by atoms with Crippen LogP contribution in [0.25, 0.3) is 0 Å². The second-order valence-electron chi connectivity index (χ2n) is 3.74. The van der Waals surface area contributed by atoms with Crippen LogP contribution in [-0.4, -0.2) is 10.9 Å². The number of carbonyl (C=O) groups excluding carboxylic acids is 1. The number of nitrogens with zero attached hydrogens (tertiary/aromatic N) is 1. The maximum absolute atomic E-state index is 13.8. The molecule has 0 radical (unpaired) electrons. The summed E-state index contributed by atoms with van der Waals surface area (Å²) in [5.74, 6) is 2.30. The number of rotatable bonds is 3. The van der Waals surface area contributed by atoms with Crippen molar-refractivity contribution in [2.75, 3.05) is 10.7 Å². The number of pyridine rings is 1. The normalized spacial score (nSPS) is 10.2. The van der Waals surface area contributed by atoms with Crippen LogP contribution >= 0.6 is 11.6 Å². The summed E-state index contributed by atoms with van der Waals surface area (Å²) >= 11 is 5.70. The molecular weight excluding hydrogens is 290 g/mol. The van der Waals surface area contributed by atoms with Gasteiger partial charge >= 0.3 is 0 Å². The molecule has 4 N–H and O–H groups in total. The maximum atomic E-state index is 13.8. The molecule has 0 saturated heterocycles. The monoisotopic (exact) mass is 298 g/mol. The van der Waals surface area contributed by atoms with Crippen molar-refractivity contribution in [2.45, 2.75) is 0 Å². The maximum Gasteiger partial charge on any atom is 0.258 e. The Bertz CT molecular complexity index is 666. The van der Waals surface area contributed by atoms with E-state index in [1.807, 2.05) is 5.43 Å². The molecule has 0 fully saturated rings. The molecule has 1 aromatic carbocycles. The Labute approximate surface area is 117 Å². The zero-order valence-electron chi connectivity index (χ0n) is 9.95. The van der Waals surface area contributed by atoms with Crippen molar-refractivity contribution in [3.8, 4) is 0 Å². The van der Waals surface area contributed by atoms with E-state index >= 15 is 0 Å².